The maximum absolute atomic E-state index is 12.5. The minimum Gasteiger partial charge on any atom is -0.353 e. The number of benzene rings is 1. The molecule has 24 heavy (non-hydrogen) atoms. The van der Waals surface area contributed by atoms with Gasteiger partial charge in [-0.15, -0.1) is 0 Å². The Labute approximate surface area is 148 Å². The van der Waals surface area contributed by atoms with E-state index in [-0.39, 0.29) is 30.2 Å². The lowest BCUT2D eigenvalue weighted by Crippen LogP contribution is -2.41. The molecule has 1 atom stereocenters. The highest BCUT2D eigenvalue weighted by Crippen LogP contribution is 2.29. The summed E-state index contributed by atoms with van der Waals surface area (Å²) < 4.78 is 0. The van der Waals surface area contributed by atoms with E-state index >= 15 is 0 Å². The smallest absolute Gasteiger partial charge is 0.227 e. The summed E-state index contributed by atoms with van der Waals surface area (Å²) in [5, 5.41) is 3.76. The van der Waals surface area contributed by atoms with Gasteiger partial charge in [0.15, 0.2) is 0 Å². The third-order valence-electron chi connectivity index (χ3n) is 5.39. The fourth-order valence-electron chi connectivity index (χ4n) is 3.81. The van der Waals surface area contributed by atoms with Crippen molar-refractivity contribution in [2.24, 2.45) is 11.8 Å². The molecular weight excluding hydrogens is 324 g/mol. The Morgan fingerprint density at radius 1 is 1.29 bits per heavy atom. The van der Waals surface area contributed by atoms with E-state index in [1.54, 1.807) is 17.0 Å². The van der Waals surface area contributed by atoms with Crippen molar-refractivity contribution in [2.75, 3.05) is 11.4 Å². The number of halogens is 1. The molecule has 2 aliphatic rings. The second-order valence-electron chi connectivity index (χ2n) is 7.02. The van der Waals surface area contributed by atoms with E-state index in [4.69, 9.17) is 11.6 Å². The summed E-state index contributed by atoms with van der Waals surface area (Å²) in [6, 6.07) is 7.50. The average Bonchev–Trinajstić information content (AvgIpc) is 2.97. The van der Waals surface area contributed by atoms with Crippen molar-refractivity contribution >= 4 is 29.1 Å². The van der Waals surface area contributed by atoms with Gasteiger partial charge in [-0.1, -0.05) is 31.0 Å². The number of hydrogen-bond acceptors (Lipinski definition) is 2. The number of amides is 2. The third kappa shape index (κ3) is 3.92. The van der Waals surface area contributed by atoms with Crippen molar-refractivity contribution in [3.8, 4) is 0 Å². The van der Waals surface area contributed by atoms with E-state index in [1.165, 1.54) is 19.3 Å². The van der Waals surface area contributed by atoms with E-state index in [1.807, 2.05) is 12.1 Å². The summed E-state index contributed by atoms with van der Waals surface area (Å²) in [6.07, 6.45) is 6.01. The molecule has 3 rings (SSSR count). The van der Waals surface area contributed by atoms with Crippen molar-refractivity contribution < 1.29 is 9.59 Å². The van der Waals surface area contributed by atoms with Crippen LogP contribution in [0.4, 0.5) is 5.69 Å². The zero-order valence-corrected chi connectivity index (χ0v) is 14.9. The molecule has 1 heterocycles. The molecule has 1 saturated carbocycles. The molecule has 0 aromatic heterocycles. The molecule has 1 saturated heterocycles. The number of nitrogens with zero attached hydrogens (tertiary/aromatic N) is 1. The van der Waals surface area contributed by atoms with Crippen LogP contribution in [0.2, 0.25) is 5.02 Å². The predicted octanol–water partition coefficient (Wildman–Crippen LogP) is 3.78. The first-order chi connectivity index (χ1) is 11.6. The minimum atomic E-state index is -0.264. The molecule has 1 N–H and O–H groups in total. The normalized spacial score (nSPS) is 27.3. The Hall–Kier alpha value is -1.55. The Morgan fingerprint density at radius 2 is 2.04 bits per heavy atom. The largest absolute Gasteiger partial charge is 0.353 e. The van der Waals surface area contributed by atoms with Gasteiger partial charge in [0.05, 0.1) is 5.92 Å². The van der Waals surface area contributed by atoms with Crippen LogP contribution in [0.25, 0.3) is 0 Å². The second-order valence-corrected chi connectivity index (χ2v) is 7.46. The fourth-order valence-corrected chi connectivity index (χ4v) is 4.00. The maximum Gasteiger partial charge on any atom is 0.227 e. The molecule has 5 heteroatoms. The van der Waals surface area contributed by atoms with Gasteiger partial charge in [0.1, 0.15) is 0 Å². The highest BCUT2D eigenvalue weighted by Gasteiger charge is 2.36. The van der Waals surface area contributed by atoms with Crippen molar-refractivity contribution in [3.63, 3.8) is 0 Å². The van der Waals surface area contributed by atoms with Crippen LogP contribution in [0.3, 0.4) is 0 Å². The van der Waals surface area contributed by atoms with Gasteiger partial charge in [0.2, 0.25) is 11.8 Å². The van der Waals surface area contributed by atoms with E-state index < -0.39 is 0 Å². The number of hydrogen-bond donors (Lipinski definition) is 1. The number of carbonyl (C=O) groups excluding carboxylic acids is 2. The van der Waals surface area contributed by atoms with Crippen molar-refractivity contribution in [2.45, 2.75) is 51.5 Å². The van der Waals surface area contributed by atoms with E-state index in [9.17, 15) is 9.59 Å². The topological polar surface area (TPSA) is 49.4 Å². The summed E-state index contributed by atoms with van der Waals surface area (Å²) in [6.45, 7) is 2.67. The van der Waals surface area contributed by atoms with Crippen molar-refractivity contribution in [1.29, 1.82) is 0 Å². The van der Waals surface area contributed by atoms with Gasteiger partial charge in [-0.25, -0.2) is 0 Å². The monoisotopic (exact) mass is 348 g/mol. The zero-order chi connectivity index (χ0) is 17.1. The Kier molecular flexibility index (Phi) is 5.44. The Bertz CT molecular complexity index is 611. The standard InChI is InChI=1S/C19H25ClN2O2/c1-2-13-6-8-16(9-7-13)21-19(24)14-10-18(23)22(12-14)17-5-3-4-15(20)11-17/h3-5,11,13-14,16H,2,6-10,12H2,1H3,(H,21,24)/t13?,14-,16?/m1/s1. The lowest BCUT2D eigenvalue weighted by molar-refractivity contribution is -0.127. The van der Waals surface area contributed by atoms with Crippen LogP contribution < -0.4 is 10.2 Å². The molecular formula is C19H25ClN2O2. The average molecular weight is 349 g/mol. The molecule has 2 amide bonds. The molecule has 1 aromatic carbocycles. The van der Waals surface area contributed by atoms with Crippen LogP contribution in [0.1, 0.15) is 45.4 Å². The van der Waals surface area contributed by atoms with Crippen LogP contribution in [0, 0.1) is 11.8 Å². The predicted molar refractivity (Wildman–Crippen MR) is 96.1 cm³/mol. The Morgan fingerprint density at radius 3 is 2.71 bits per heavy atom. The van der Waals surface area contributed by atoms with Gasteiger partial charge >= 0.3 is 0 Å². The first-order valence-electron chi connectivity index (χ1n) is 8.93. The first kappa shape index (κ1) is 17.3. The lowest BCUT2D eigenvalue weighted by Gasteiger charge is -2.29. The van der Waals surface area contributed by atoms with Gasteiger partial charge in [-0.3, -0.25) is 9.59 Å². The summed E-state index contributed by atoms with van der Waals surface area (Å²) in [5.41, 5.74) is 0.770. The van der Waals surface area contributed by atoms with Crippen LogP contribution in [0.5, 0.6) is 0 Å². The zero-order valence-electron chi connectivity index (χ0n) is 14.1. The summed E-state index contributed by atoms with van der Waals surface area (Å²) in [4.78, 5) is 26.5. The highest BCUT2D eigenvalue weighted by atomic mass is 35.5. The van der Waals surface area contributed by atoms with Crippen molar-refractivity contribution in [3.05, 3.63) is 29.3 Å². The molecule has 0 radical (unpaired) electrons. The number of nitrogens with one attached hydrogen (secondary N) is 1. The summed E-state index contributed by atoms with van der Waals surface area (Å²) >= 11 is 6.01. The van der Waals surface area contributed by atoms with Gasteiger partial charge in [-0.05, 0) is 49.8 Å². The number of rotatable bonds is 4. The third-order valence-corrected chi connectivity index (χ3v) is 5.62. The van der Waals surface area contributed by atoms with E-state index in [2.05, 4.69) is 12.2 Å². The molecule has 0 bridgehead atoms. The quantitative estimate of drug-likeness (QED) is 0.900. The number of anilines is 1. The highest BCUT2D eigenvalue weighted by molar-refractivity contribution is 6.30. The van der Waals surface area contributed by atoms with Gasteiger partial charge < -0.3 is 10.2 Å². The Balaban J connectivity index is 1.56. The molecule has 0 spiro atoms. The van der Waals surface area contributed by atoms with Gasteiger partial charge in [0, 0.05) is 29.7 Å². The second kappa shape index (κ2) is 7.56. The fraction of sp³-hybridized carbons (Fsp3) is 0.579. The summed E-state index contributed by atoms with van der Waals surface area (Å²) in [7, 11) is 0. The van der Waals surface area contributed by atoms with Crippen LogP contribution in [-0.4, -0.2) is 24.4 Å². The van der Waals surface area contributed by atoms with Gasteiger partial charge in [0.25, 0.3) is 0 Å². The maximum atomic E-state index is 12.5. The molecule has 1 aliphatic carbocycles. The van der Waals surface area contributed by atoms with Crippen LogP contribution in [-0.2, 0) is 9.59 Å². The molecule has 0 unspecified atom stereocenters. The molecule has 1 aliphatic heterocycles. The van der Waals surface area contributed by atoms with Crippen LogP contribution in [0.15, 0.2) is 24.3 Å². The van der Waals surface area contributed by atoms with Gasteiger partial charge in [-0.2, -0.15) is 0 Å². The van der Waals surface area contributed by atoms with E-state index in [0.29, 0.717) is 11.6 Å². The first-order valence-corrected chi connectivity index (χ1v) is 9.31. The van der Waals surface area contributed by atoms with Crippen molar-refractivity contribution in [1.82, 2.24) is 5.32 Å². The van der Waals surface area contributed by atoms with E-state index in [0.717, 1.165) is 24.4 Å². The molecule has 4 nitrogen and oxygen atoms in total. The molecule has 130 valence electrons. The SMILES string of the molecule is CCC1CCC(NC(=O)[C@@H]2CC(=O)N(c3cccc(Cl)c3)C2)CC1. The summed E-state index contributed by atoms with van der Waals surface area (Å²) in [5.74, 6) is 0.560. The minimum absolute atomic E-state index is 0.00731. The molecule has 2 fully saturated rings. The number of carbonyl (C=O) groups is 2. The lowest BCUT2D eigenvalue weighted by atomic mass is 9.84. The van der Waals surface area contributed by atoms with Crippen LogP contribution >= 0.6 is 11.6 Å². The molecule has 1 aromatic rings.